The molecule has 106 valence electrons. The summed E-state index contributed by atoms with van der Waals surface area (Å²) in [5.41, 5.74) is 1.76. The maximum Gasteiger partial charge on any atom is 0.267 e. The van der Waals surface area contributed by atoms with Gasteiger partial charge in [0.2, 0.25) is 0 Å². The first-order chi connectivity index (χ1) is 9.47. The van der Waals surface area contributed by atoms with Crippen LogP contribution in [0.5, 0.6) is 0 Å². The number of hydrogen-bond acceptors (Lipinski definition) is 3. The van der Waals surface area contributed by atoms with Crippen molar-refractivity contribution in [3.05, 3.63) is 39.1 Å². The van der Waals surface area contributed by atoms with E-state index in [-0.39, 0.29) is 11.6 Å². The summed E-state index contributed by atoms with van der Waals surface area (Å²) in [6.07, 6.45) is 2.40. The van der Waals surface area contributed by atoms with Gasteiger partial charge in [-0.15, -0.1) is 0 Å². The van der Waals surface area contributed by atoms with Crippen molar-refractivity contribution in [2.24, 2.45) is 0 Å². The Morgan fingerprint density at radius 1 is 1.55 bits per heavy atom. The molecule has 1 unspecified atom stereocenters. The van der Waals surface area contributed by atoms with E-state index in [0.29, 0.717) is 0 Å². The lowest BCUT2D eigenvalue weighted by Gasteiger charge is -2.10. The maximum absolute atomic E-state index is 12.0. The van der Waals surface area contributed by atoms with Crippen molar-refractivity contribution in [3.8, 4) is 6.07 Å². The van der Waals surface area contributed by atoms with E-state index < -0.39 is 5.91 Å². The van der Waals surface area contributed by atoms with Gasteiger partial charge in [0.15, 0.2) is 0 Å². The van der Waals surface area contributed by atoms with E-state index in [4.69, 9.17) is 5.26 Å². The Morgan fingerprint density at radius 2 is 2.25 bits per heavy atom. The van der Waals surface area contributed by atoms with E-state index >= 15 is 0 Å². The summed E-state index contributed by atoms with van der Waals surface area (Å²) in [6.45, 7) is 5.95. The van der Waals surface area contributed by atoms with Gasteiger partial charge in [-0.25, -0.2) is 0 Å². The molecule has 0 heterocycles. The highest BCUT2D eigenvalue weighted by molar-refractivity contribution is 14.1. The third-order valence-electron chi connectivity index (χ3n) is 2.93. The van der Waals surface area contributed by atoms with Crippen LogP contribution >= 0.6 is 22.6 Å². The number of nitrogens with zero attached hydrogens (tertiary/aromatic N) is 1. The van der Waals surface area contributed by atoms with Crippen molar-refractivity contribution in [1.82, 2.24) is 5.32 Å². The number of nitriles is 1. The van der Waals surface area contributed by atoms with Gasteiger partial charge in [0.25, 0.3) is 5.91 Å². The monoisotopic (exact) mass is 383 g/mol. The van der Waals surface area contributed by atoms with E-state index in [1.807, 2.05) is 45.0 Å². The third kappa shape index (κ3) is 4.85. The van der Waals surface area contributed by atoms with Crippen LogP contribution < -0.4 is 10.6 Å². The van der Waals surface area contributed by atoms with Crippen molar-refractivity contribution in [2.45, 2.75) is 33.2 Å². The van der Waals surface area contributed by atoms with Crippen LogP contribution in [0.25, 0.3) is 0 Å². The molecule has 2 N–H and O–H groups in total. The van der Waals surface area contributed by atoms with Crippen molar-refractivity contribution in [3.63, 3.8) is 0 Å². The molecule has 20 heavy (non-hydrogen) atoms. The zero-order valence-electron chi connectivity index (χ0n) is 11.8. The van der Waals surface area contributed by atoms with Gasteiger partial charge in [-0.1, -0.05) is 6.92 Å². The number of halogens is 1. The third-order valence-corrected chi connectivity index (χ3v) is 3.60. The molecule has 0 fully saturated rings. The number of nitrogens with one attached hydrogen (secondary N) is 2. The van der Waals surface area contributed by atoms with Crippen LogP contribution in [0, 0.1) is 21.8 Å². The fourth-order valence-corrected chi connectivity index (χ4v) is 2.10. The lowest BCUT2D eigenvalue weighted by Crippen LogP contribution is -2.22. The predicted octanol–water partition coefficient (Wildman–Crippen LogP) is 3.33. The molecular weight excluding hydrogens is 365 g/mol. The Bertz CT molecular complexity index is 561. The summed E-state index contributed by atoms with van der Waals surface area (Å²) < 4.78 is 1.10. The first-order valence-corrected chi connectivity index (χ1v) is 7.49. The van der Waals surface area contributed by atoms with E-state index in [2.05, 4.69) is 33.2 Å². The van der Waals surface area contributed by atoms with Crippen LogP contribution in [-0.4, -0.2) is 11.9 Å². The fraction of sp³-hybridized carbons (Fsp3) is 0.333. The summed E-state index contributed by atoms with van der Waals surface area (Å²) in [4.78, 5) is 12.0. The molecule has 0 aliphatic rings. The molecule has 0 radical (unpaired) electrons. The first kappa shape index (κ1) is 16.5. The number of benzene rings is 1. The average molecular weight is 383 g/mol. The Balaban J connectivity index is 2.80. The molecule has 0 aliphatic carbocycles. The molecule has 0 saturated carbocycles. The Hall–Kier alpha value is -1.55. The molecule has 1 rings (SSSR count). The average Bonchev–Trinajstić information content (AvgIpc) is 2.42. The summed E-state index contributed by atoms with van der Waals surface area (Å²) >= 11 is 2.21. The summed E-state index contributed by atoms with van der Waals surface area (Å²) in [5.74, 6) is -0.396. The topological polar surface area (TPSA) is 64.9 Å². The summed E-state index contributed by atoms with van der Waals surface area (Å²) in [7, 11) is 0. The van der Waals surface area contributed by atoms with Gasteiger partial charge in [-0.05, 0) is 66.6 Å². The van der Waals surface area contributed by atoms with Crippen LogP contribution in [0.2, 0.25) is 0 Å². The van der Waals surface area contributed by atoms with Crippen molar-refractivity contribution < 1.29 is 4.79 Å². The van der Waals surface area contributed by atoms with Crippen molar-refractivity contribution in [1.29, 1.82) is 5.26 Å². The van der Waals surface area contributed by atoms with E-state index in [1.165, 1.54) is 6.20 Å². The van der Waals surface area contributed by atoms with Gasteiger partial charge < -0.3 is 10.6 Å². The maximum atomic E-state index is 12.0. The highest BCUT2D eigenvalue weighted by Gasteiger charge is 2.11. The van der Waals surface area contributed by atoms with E-state index in [9.17, 15) is 4.79 Å². The van der Waals surface area contributed by atoms with Crippen LogP contribution in [0.4, 0.5) is 5.69 Å². The molecule has 1 amide bonds. The molecule has 1 atom stereocenters. The second-order valence-electron chi connectivity index (χ2n) is 4.56. The van der Waals surface area contributed by atoms with E-state index in [1.54, 1.807) is 0 Å². The molecule has 4 nitrogen and oxygen atoms in total. The Kier molecular flexibility index (Phi) is 6.52. The quantitative estimate of drug-likeness (QED) is 0.466. The Morgan fingerprint density at radius 3 is 2.80 bits per heavy atom. The molecule has 0 aromatic heterocycles. The molecule has 1 aromatic rings. The van der Waals surface area contributed by atoms with Gasteiger partial charge in [-0.2, -0.15) is 5.26 Å². The molecular formula is C15H18IN3O. The predicted molar refractivity (Wildman–Crippen MR) is 89.1 cm³/mol. The van der Waals surface area contributed by atoms with E-state index in [0.717, 1.165) is 21.2 Å². The number of aryl methyl sites for hydroxylation is 1. The highest BCUT2D eigenvalue weighted by Crippen LogP contribution is 2.18. The number of amides is 1. The van der Waals surface area contributed by atoms with Gasteiger partial charge in [0.1, 0.15) is 11.6 Å². The van der Waals surface area contributed by atoms with Gasteiger partial charge in [0.05, 0.1) is 0 Å². The molecule has 1 aromatic carbocycles. The molecule has 0 aliphatic heterocycles. The lowest BCUT2D eigenvalue weighted by atomic mass is 10.2. The summed E-state index contributed by atoms with van der Waals surface area (Å²) in [5, 5.41) is 14.8. The highest BCUT2D eigenvalue weighted by atomic mass is 127. The van der Waals surface area contributed by atoms with Gasteiger partial charge in [-0.3, -0.25) is 4.79 Å². The smallest absolute Gasteiger partial charge is 0.267 e. The van der Waals surface area contributed by atoms with Crippen molar-refractivity contribution >= 4 is 34.2 Å². The number of anilines is 1. The second kappa shape index (κ2) is 7.90. The minimum Gasteiger partial charge on any atom is -0.387 e. The molecule has 0 spiro atoms. The zero-order valence-corrected chi connectivity index (χ0v) is 14.0. The van der Waals surface area contributed by atoms with Crippen molar-refractivity contribution in [2.75, 3.05) is 5.32 Å². The first-order valence-electron chi connectivity index (χ1n) is 6.41. The number of hydrogen-bond donors (Lipinski definition) is 2. The number of rotatable bonds is 5. The number of carbonyl (C=O) groups excluding carboxylic acids is 1. The van der Waals surface area contributed by atoms with Crippen LogP contribution in [0.3, 0.4) is 0 Å². The van der Waals surface area contributed by atoms with Gasteiger partial charge in [0, 0.05) is 21.5 Å². The molecule has 0 saturated heterocycles. The minimum absolute atomic E-state index is 0.0725. The van der Waals surface area contributed by atoms with Crippen LogP contribution in [0.1, 0.15) is 25.8 Å². The molecule has 0 bridgehead atoms. The largest absolute Gasteiger partial charge is 0.387 e. The zero-order chi connectivity index (χ0) is 15.1. The molecule has 5 heteroatoms. The van der Waals surface area contributed by atoms with Gasteiger partial charge >= 0.3 is 0 Å². The Labute approximate surface area is 133 Å². The standard InChI is InChI=1S/C15H18IN3O/c1-4-11(3)18-9-12(8-17)15(20)19-14-6-5-13(16)7-10(14)2/h5-7,9,11,18H,4H2,1-3H3,(H,19,20)/b12-9-. The second-order valence-corrected chi connectivity index (χ2v) is 5.80. The van der Waals surface area contributed by atoms with Crippen LogP contribution in [0.15, 0.2) is 30.0 Å². The fourth-order valence-electron chi connectivity index (χ4n) is 1.45. The normalized spacial score (nSPS) is 12.4. The van der Waals surface area contributed by atoms with Crippen LogP contribution in [-0.2, 0) is 4.79 Å². The number of carbonyl (C=O) groups is 1. The lowest BCUT2D eigenvalue weighted by molar-refractivity contribution is -0.112. The SMILES string of the molecule is CCC(C)N/C=C(/C#N)C(=O)Nc1ccc(I)cc1C. The summed E-state index contributed by atoms with van der Waals surface area (Å²) in [6, 6.07) is 7.87. The minimum atomic E-state index is -0.396.